The average molecular weight is 482 g/mol. The summed E-state index contributed by atoms with van der Waals surface area (Å²) in [5, 5.41) is 2.90. The van der Waals surface area contributed by atoms with Crippen LogP contribution >= 0.6 is 0 Å². The molecule has 1 amide bonds. The zero-order valence-electron chi connectivity index (χ0n) is 17.9. The molecule has 8 nitrogen and oxygen atoms in total. The first-order valence-corrected chi connectivity index (χ1v) is 10.2. The van der Waals surface area contributed by atoms with Gasteiger partial charge in [-0.3, -0.25) is 0 Å². The number of aromatic nitrogens is 4. The third-order valence-electron chi connectivity index (χ3n) is 5.30. The summed E-state index contributed by atoms with van der Waals surface area (Å²) in [4.78, 5) is 24.9. The highest BCUT2D eigenvalue weighted by molar-refractivity contribution is 5.89. The van der Waals surface area contributed by atoms with E-state index in [0.717, 1.165) is 23.2 Å². The van der Waals surface area contributed by atoms with Crippen molar-refractivity contribution in [3.8, 4) is 5.69 Å². The molecule has 1 saturated heterocycles. The van der Waals surface area contributed by atoms with Crippen molar-refractivity contribution in [2.75, 3.05) is 16.8 Å². The summed E-state index contributed by atoms with van der Waals surface area (Å²) < 4.78 is 74.0. The van der Waals surface area contributed by atoms with E-state index in [1.54, 1.807) is 6.92 Å². The maximum atomic E-state index is 14.4. The van der Waals surface area contributed by atoms with Gasteiger partial charge in [0.05, 0.1) is 29.8 Å². The Kier molecular flexibility index (Phi) is 6.35. The molecule has 2 aromatic heterocycles. The SMILES string of the molecule is C[C@H](Nc1ncc(F)c(N2C(=O)OCC2[C@H](C)F)n1)c1cn(-c2ccc(C(F)F)c(F)c2)cn1. The van der Waals surface area contributed by atoms with E-state index >= 15 is 0 Å². The molecule has 3 atom stereocenters. The van der Waals surface area contributed by atoms with Gasteiger partial charge in [-0.25, -0.2) is 41.6 Å². The van der Waals surface area contributed by atoms with Gasteiger partial charge in [-0.15, -0.1) is 0 Å². The standard InChI is InChI=1S/C21H19F5N6O2/c1-10(22)17-8-34-21(33)32(17)19-15(24)6-27-20(30-19)29-11(2)16-7-31(9-28-16)12-3-4-13(18(25)26)14(23)5-12/h3-7,9-11,17-18H,8H2,1-2H3,(H,27,29,30)/t10-,11-,17?/m0/s1. The Hall–Kier alpha value is -3.77. The molecule has 13 heteroatoms. The fraction of sp³-hybridized carbons (Fsp3) is 0.333. The van der Waals surface area contributed by atoms with Crippen molar-refractivity contribution in [3.63, 3.8) is 0 Å². The lowest BCUT2D eigenvalue weighted by molar-refractivity contribution is 0.146. The number of rotatable bonds is 7. The molecule has 1 aliphatic rings. The number of hydrogen-bond acceptors (Lipinski definition) is 6. The number of carbonyl (C=O) groups is 1. The van der Waals surface area contributed by atoms with E-state index in [2.05, 4.69) is 20.3 Å². The Morgan fingerprint density at radius 1 is 1.15 bits per heavy atom. The van der Waals surface area contributed by atoms with Crippen LogP contribution in [0.5, 0.6) is 0 Å². The van der Waals surface area contributed by atoms with Crippen LogP contribution in [0.1, 0.15) is 37.6 Å². The number of ether oxygens (including phenoxy) is 1. The highest BCUT2D eigenvalue weighted by Gasteiger charge is 2.40. The van der Waals surface area contributed by atoms with Crippen LogP contribution in [-0.2, 0) is 4.74 Å². The fourth-order valence-corrected chi connectivity index (χ4v) is 3.44. The van der Waals surface area contributed by atoms with E-state index in [0.29, 0.717) is 5.69 Å². The van der Waals surface area contributed by atoms with E-state index < -0.39 is 53.8 Å². The molecule has 1 fully saturated rings. The minimum absolute atomic E-state index is 0.0595. The van der Waals surface area contributed by atoms with Crippen molar-refractivity contribution in [1.82, 2.24) is 19.5 Å². The summed E-state index contributed by atoms with van der Waals surface area (Å²) in [7, 11) is 0. The Morgan fingerprint density at radius 3 is 2.59 bits per heavy atom. The number of nitrogens with one attached hydrogen (secondary N) is 1. The van der Waals surface area contributed by atoms with Crippen molar-refractivity contribution in [2.24, 2.45) is 0 Å². The minimum Gasteiger partial charge on any atom is -0.447 e. The maximum Gasteiger partial charge on any atom is 0.416 e. The summed E-state index contributed by atoms with van der Waals surface area (Å²) in [6.07, 6.45) is -1.58. The summed E-state index contributed by atoms with van der Waals surface area (Å²) >= 11 is 0. The van der Waals surface area contributed by atoms with Crippen LogP contribution in [-0.4, -0.2) is 44.4 Å². The second-order valence-corrected chi connectivity index (χ2v) is 7.64. The zero-order valence-corrected chi connectivity index (χ0v) is 17.9. The van der Waals surface area contributed by atoms with Gasteiger partial charge in [0.25, 0.3) is 6.43 Å². The largest absolute Gasteiger partial charge is 0.447 e. The third-order valence-corrected chi connectivity index (χ3v) is 5.30. The van der Waals surface area contributed by atoms with Crippen molar-refractivity contribution in [2.45, 2.75) is 38.5 Å². The molecule has 180 valence electrons. The number of anilines is 2. The van der Waals surface area contributed by atoms with Gasteiger partial charge < -0.3 is 14.6 Å². The van der Waals surface area contributed by atoms with Gasteiger partial charge in [0.15, 0.2) is 11.6 Å². The molecule has 1 unspecified atom stereocenters. The summed E-state index contributed by atoms with van der Waals surface area (Å²) in [6, 6.07) is 1.74. The number of benzene rings is 1. The molecule has 0 saturated carbocycles. The predicted molar refractivity (Wildman–Crippen MR) is 111 cm³/mol. The molecule has 0 radical (unpaired) electrons. The highest BCUT2D eigenvalue weighted by atomic mass is 19.3. The molecule has 1 aliphatic heterocycles. The van der Waals surface area contributed by atoms with Crippen LogP contribution in [0.4, 0.5) is 38.5 Å². The smallest absolute Gasteiger partial charge is 0.416 e. The number of alkyl halides is 3. The fourth-order valence-electron chi connectivity index (χ4n) is 3.44. The number of carbonyl (C=O) groups excluding carboxylic acids is 1. The second-order valence-electron chi connectivity index (χ2n) is 7.64. The number of amides is 1. The van der Waals surface area contributed by atoms with Gasteiger partial charge in [0, 0.05) is 11.9 Å². The van der Waals surface area contributed by atoms with Crippen LogP contribution < -0.4 is 10.2 Å². The number of halogens is 5. The lowest BCUT2D eigenvalue weighted by atomic mass is 10.2. The van der Waals surface area contributed by atoms with Crippen molar-refractivity contribution in [1.29, 1.82) is 0 Å². The summed E-state index contributed by atoms with van der Waals surface area (Å²) in [5.74, 6) is -2.46. The van der Waals surface area contributed by atoms with E-state index in [1.807, 2.05) is 0 Å². The molecule has 0 bridgehead atoms. The quantitative estimate of drug-likeness (QED) is 0.490. The zero-order chi connectivity index (χ0) is 24.6. The lowest BCUT2D eigenvalue weighted by Crippen LogP contribution is -2.40. The van der Waals surface area contributed by atoms with Gasteiger partial charge in [0.1, 0.15) is 24.6 Å². The van der Waals surface area contributed by atoms with Crippen LogP contribution in [0.2, 0.25) is 0 Å². The van der Waals surface area contributed by atoms with Gasteiger partial charge in [-0.2, -0.15) is 4.98 Å². The van der Waals surface area contributed by atoms with Crippen LogP contribution in [0.3, 0.4) is 0 Å². The molecular weight excluding hydrogens is 463 g/mol. The third kappa shape index (κ3) is 4.50. The Bertz CT molecular complexity index is 1200. The lowest BCUT2D eigenvalue weighted by Gasteiger charge is -2.22. The first-order chi connectivity index (χ1) is 16.2. The second kappa shape index (κ2) is 9.23. The van der Waals surface area contributed by atoms with Gasteiger partial charge in [-0.05, 0) is 32.0 Å². The number of imidazole rings is 1. The van der Waals surface area contributed by atoms with E-state index in [9.17, 15) is 26.7 Å². The first-order valence-electron chi connectivity index (χ1n) is 10.2. The first kappa shape index (κ1) is 23.4. The average Bonchev–Trinajstić information content (AvgIpc) is 3.42. The molecule has 0 spiro atoms. The normalized spacial score (nSPS) is 17.7. The highest BCUT2D eigenvalue weighted by Crippen LogP contribution is 2.28. The van der Waals surface area contributed by atoms with E-state index in [1.165, 1.54) is 30.1 Å². The Labute approximate surface area is 190 Å². The van der Waals surface area contributed by atoms with Gasteiger partial charge >= 0.3 is 6.09 Å². The van der Waals surface area contributed by atoms with Crippen molar-refractivity contribution in [3.05, 3.63) is 59.8 Å². The predicted octanol–water partition coefficient (Wildman–Crippen LogP) is 4.73. The van der Waals surface area contributed by atoms with Crippen molar-refractivity contribution < 1.29 is 31.5 Å². The van der Waals surface area contributed by atoms with Crippen LogP contribution in [0, 0.1) is 11.6 Å². The van der Waals surface area contributed by atoms with E-state index in [4.69, 9.17) is 4.74 Å². The van der Waals surface area contributed by atoms with Gasteiger partial charge in [0.2, 0.25) is 5.95 Å². The Morgan fingerprint density at radius 2 is 1.91 bits per heavy atom. The molecular formula is C21H19F5N6O2. The summed E-state index contributed by atoms with van der Waals surface area (Å²) in [6.45, 7) is 2.68. The topological polar surface area (TPSA) is 85.2 Å². The van der Waals surface area contributed by atoms with E-state index in [-0.39, 0.29) is 18.2 Å². The molecule has 3 aromatic rings. The molecule has 3 heterocycles. The monoisotopic (exact) mass is 482 g/mol. The molecule has 0 aliphatic carbocycles. The number of nitrogens with zero attached hydrogens (tertiary/aromatic N) is 5. The van der Waals surface area contributed by atoms with Crippen LogP contribution in [0.25, 0.3) is 5.69 Å². The number of hydrogen-bond donors (Lipinski definition) is 1. The summed E-state index contributed by atoms with van der Waals surface area (Å²) in [5.41, 5.74) is 0.0328. The van der Waals surface area contributed by atoms with Crippen molar-refractivity contribution >= 4 is 17.9 Å². The maximum absolute atomic E-state index is 14.4. The molecule has 1 N–H and O–H groups in total. The molecule has 4 rings (SSSR count). The van der Waals surface area contributed by atoms with Gasteiger partial charge in [-0.1, -0.05) is 0 Å². The minimum atomic E-state index is -2.93. The molecule has 34 heavy (non-hydrogen) atoms. The number of cyclic esters (lactones) is 1. The molecule has 1 aromatic carbocycles. The Balaban J connectivity index is 1.53. The van der Waals surface area contributed by atoms with Crippen LogP contribution in [0.15, 0.2) is 36.9 Å².